The van der Waals surface area contributed by atoms with Crippen molar-refractivity contribution in [3.63, 3.8) is 0 Å². The van der Waals surface area contributed by atoms with Crippen LogP contribution in [-0.4, -0.2) is 9.97 Å². The topological polar surface area (TPSA) is 37.8 Å². The number of benzene rings is 1. The highest BCUT2D eigenvalue weighted by Crippen LogP contribution is 2.26. The molecule has 0 unspecified atom stereocenters. The lowest BCUT2D eigenvalue weighted by Gasteiger charge is -2.07. The smallest absolute Gasteiger partial charge is 0.227 e. The second-order valence-corrected chi connectivity index (χ2v) is 4.27. The number of nitrogens with one attached hydrogen (secondary N) is 1. The maximum atomic E-state index is 13.4. The molecule has 2 rings (SSSR count). The molecule has 1 N–H and O–H groups in total. The minimum absolute atomic E-state index is 0.173. The first-order valence-electron chi connectivity index (χ1n) is 4.35. The van der Waals surface area contributed by atoms with Crippen LogP contribution in [0.1, 0.15) is 0 Å². The van der Waals surface area contributed by atoms with Crippen molar-refractivity contribution in [2.45, 2.75) is 0 Å². The first-order chi connectivity index (χ1) is 7.66. The highest BCUT2D eigenvalue weighted by molar-refractivity contribution is 9.10. The fraction of sp³-hybridized carbons (Fsp3) is 0. The minimum Gasteiger partial charge on any atom is -0.320 e. The summed E-state index contributed by atoms with van der Waals surface area (Å²) in [5.41, 5.74) is 0.173. The van der Waals surface area contributed by atoms with Gasteiger partial charge in [0.1, 0.15) is 5.82 Å². The predicted octanol–water partition coefficient (Wildman–Crippen LogP) is 3.78. The molecule has 0 amide bonds. The Kier molecular flexibility index (Phi) is 3.36. The number of rotatable bonds is 2. The Hall–Kier alpha value is -1.20. The molecule has 3 nitrogen and oxygen atoms in total. The van der Waals surface area contributed by atoms with Gasteiger partial charge in [-0.25, -0.2) is 14.4 Å². The van der Waals surface area contributed by atoms with E-state index in [4.69, 9.17) is 11.6 Å². The minimum atomic E-state index is -0.445. The summed E-state index contributed by atoms with van der Waals surface area (Å²) in [5.74, 6) is -0.158. The van der Waals surface area contributed by atoms with Crippen molar-refractivity contribution in [3.05, 3.63) is 45.9 Å². The molecule has 0 radical (unpaired) electrons. The average molecular weight is 303 g/mol. The zero-order valence-electron chi connectivity index (χ0n) is 7.92. The average Bonchev–Trinajstić information content (AvgIpc) is 2.26. The van der Waals surface area contributed by atoms with Gasteiger partial charge in [0.25, 0.3) is 0 Å². The Morgan fingerprint density at radius 3 is 2.56 bits per heavy atom. The normalized spacial score (nSPS) is 10.2. The number of para-hydroxylation sites is 1. The Balaban J connectivity index is 2.30. The van der Waals surface area contributed by atoms with E-state index in [2.05, 4.69) is 31.2 Å². The van der Waals surface area contributed by atoms with Gasteiger partial charge in [-0.15, -0.1) is 0 Å². The molecule has 0 aliphatic heterocycles. The fourth-order valence-electron chi connectivity index (χ4n) is 1.11. The van der Waals surface area contributed by atoms with Crippen LogP contribution in [0.3, 0.4) is 0 Å². The van der Waals surface area contributed by atoms with E-state index in [0.29, 0.717) is 0 Å². The predicted molar refractivity (Wildman–Crippen MR) is 64.4 cm³/mol. The Bertz CT molecular complexity index is 484. The summed E-state index contributed by atoms with van der Waals surface area (Å²) in [6.45, 7) is 0. The van der Waals surface area contributed by atoms with Gasteiger partial charge in [-0.05, 0) is 28.1 Å². The summed E-state index contributed by atoms with van der Waals surface area (Å²) in [7, 11) is 0. The largest absolute Gasteiger partial charge is 0.320 e. The Morgan fingerprint density at radius 1 is 1.25 bits per heavy atom. The molecule has 1 aromatic carbocycles. The molecule has 6 heteroatoms. The molecular weight excluding hydrogens is 296 g/mol. The van der Waals surface area contributed by atoms with Crippen molar-refractivity contribution in [3.8, 4) is 0 Å². The molecule has 0 saturated heterocycles. The summed E-state index contributed by atoms with van der Waals surface area (Å²) in [4.78, 5) is 7.92. The third-order valence-corrected chi connectivity index (χ3v) is 2.54. The van der Waals surface area contributed by atoms with Crippen LogP contribution < -0.4 is 5.32 Å². The van der Waals surface area contributed by atoms with Crippen molar-refractivity contribution in [1.29, 1.82) is 0 Å². The molecule has 0 aliphatic carbocycles. The van der Waals surface area contributed by atoms with E-state index in [1.165, 1.54) is 12.1 Å². The van der Waals surface area contributed by atoms with E-state index in [9.17, 15) is 4.39 Å². The summed E-state index contributed by atoms with van der Waals surface area (Å²) >= 11 is 9.05. The van der Waals surface area contributed by atoms with Crippen LogP contribution in [0.15, 0.2) is 35.1 Å². The quantitative estimate of drug-likeness (QED) is 0.917. The third kappa shape index (κ3) is 2.48. The highest BCUT2D eigenvalue weighted by atomic mass is 79.9. The maximum Gasteiger partial charge on any atom is 0.227 e. The van der Waals surface area contributed by atoms with Crippen molar-refractivity contribution < 1.29 is 4.39 Å². The third-order valence-electron chi connectivity index (χ3n) is 1.82. The van der Waals surface area contributed by atoms with Gasteiger partial charge in [0.15, 0.2) is 0 Å². The summed E-state index contributed by atoms with van der Waals surface area (Å²) in [6.07, 6.45) is 3.12. The lowest BCUT2D eigenvalue weighted by molar-refractivity contribution is 0.631. The molecular formula is C10H6BrClFN3. The molecule has 0 spiro atoms. The molecule has 0 atom stereocenters. The lowest BCUT2D eigenvalue weighted by Crippen LogP contribution is -1.99. The molecule has 16 heavy (non-hydrogen) atoms. The molecule has 0 fully saturated rings. The van der Waals surface area contributed by atoms with Crippen molar-refractivity contribution in [2.75, 3.05) is 5.32 Å². The van der Waals surface area contributed by atoms with Crippen molar-refractivity contribution in [1.82, 2.24) is 9.97 Å². The molecule has 1 aromatic heterocycles. The van der Waals surface area contributed by atoms with E-state index in [1.807, 2.05) is 0 Å². The first-order valence-corrected chi connectivity index (χ1v) is 5.52. The van der Waals surface area contributed by atoms with Crippen LogP contribution in [0.4, 0.5) is 16.0 Å². The van der Waals surface area contributed by atoms with Gasteiger partial charge >= 0.3 is 0 Å². The van der Waals surface area contributed by atoms with Crippen LogP contribution in [0.2, 0.25) is 5.02 Å². The standard InChI is InChI=1S/C10H6BrClFN3/c11-6-4-14-10(15-5-6)16-9-7(12)2-1-3-8(9)13/h1-5H,(H,14,15,16). The Labute approximate surface area is 105 Å². The van der Waals surface area contributed by atoms with Crippen LogP contribution in [0, 0.1) is 5.82 Å². The number of halogens is 3. The fourth-order valence-corrected chi connectivity index (χ4v) is 1.52. The highest BCUT2D eigenvalue weighted by Gasteiger charge is 2.07. The van der Waals surface area contributed by atoms with E-state index < -0.39 is 5.82 Å². The van der Waals surface area contributed by atoms with Crippen LogP contribution in [-0.2, 0) is 0 Å². The van der Waals surface area contributed by atoms with Crippen LogP contribution in [0.25, 0.3) is 0 Å². The van der Waals surface area contributed by atoms with Gasteiger partial charge in [0.05, 0.1) is 15.2 Å². The summed E-state index contributed by atoms with van der Waals surface area (Å²) < 4.78 is 14.2. The summed E-state index contributed by atoms with van der Waals surface area (Å²) in [5, 5.41) is 3.00. The lowest BCUT2D eigenvalue weighted by atomic mass is 10.3. The van der Waals surface area contributed by atoms with E-state index in [0.717, 1.165) is 4.47 Å². The summed E-state index contributed by atoms with van der Waals surface area (Å²) in [6, 6.07) is 4.43. The van der Waals surface area contributed by atoms with Crippen molar-refractivity contribution in [2.24, 2.45) is 0 Å². The van der Waals surface area contributed by atoms with Gasteiger partial charge < -0.3 is 5.32 Å². The molecule has 82 valence electrons. The molecule has 0 aliphatic rings. The van der Waals surface area contributed by atoms with E-state index >= 15 is 0 Å². The Morgan fingerprint density at radius 2 is 1.94 bits per heavy atom. The number of nitrogens with zero attached hydrogens (tertiary/aromatic N) is 2. The SMILES string of the molecule is Fc1cccc(Cl)c1Nc1ncc(Br)cn1. The second-order valence-electron chi connectivity index (χ2n) is 2.95. The molecule has 0 bridgehead atoms. The molecule has 1 heterocycles. The van der Waals surface area contributed by atoms with Crippen LogP contribution in [0.5, 0.6) is 0 Å². The maximum absolute atomic E-state index is 13.4. The number of hydrogen-bond donors (Lipinski definition) is 1. The number of hydrogen-bond acceptors (Lipinski definition) is 3. The first kappa shape index (κ1) is 11.3. The molecule has 2 aromatic rings. The zero-order chi connectivity index (χ0) is 11.5. The monoisotopic (exact) mass is 301 g/mol. The van der Waals surface area contributed by atoms with E-state index in [-0.39, 0.29) is 16.7 Å². The molecule has 0 saturated carbocycles. The van der Waals surface area contributed by atoms with Gasteiger partial charge in [-0.1, -0.05) is 17.7 Å². The van der Waals surface area contributed by atoms with Gasteiger partial charge in [-0.2, -0.15) is 0 Å². The van der Waals surface area contributed by atoms with Crippen LogP contribution >= 0.6 is 27.5 Å². The van der Waals surface area contributed by atoms with Crippen molar-refractivity contribution >= 4 is 39.2 Å². The zero-order valence-corrected chi connectivity index (χ0v) is 10.3. The van der Waals surface area contributed by atoms with Gasteiger partial charge in [0.2, 0.25) is 5.95 Å². The number of aromatic nitrogens is 2. The van der Waals surface area contributed by atoms with E-state index in [1.54, 1.807) is 18.5 Å². The van der Waals surface area contributed by atoms with Gasteiger partial charge in [-0.3, -0.25) is 0 Å². The second kappa shape index (κ2) is 4.76. The number of anilines is 2. The van der Waals surface area contributed by atoms with Gasteiger partial charge in [0, 0.05) is 12.4 Å².